The molecule has 1 aliphatic heterocycles. The molecule has 1 aliphatic carbocycles. The van der Waals surface area contributed by atoms with Crippen molar-refractivity contribution in [1.82, 2.24) is 24.1 Å². The number of hydrogen-bond donors (Lipinski definition) is 3. The third-order valence-corrected chi connectivity index (χ3v) is 9.03. The number of carbonyl (C=O) groups is 2. The minimum atomic E-state index is -4.20. The van der Waals surface area contributed by atoms with Gasteiger partial charge in [0.25, 0.3) is 5.91 Å². The highest BCUT2D eigenvalue weighted by atomic mass is 32.2. The van der Waals surface area contributed by atoms with E-state index in [1.165, 1.54) is 24.3 Å². The molecule has 0 unspecified atom stereocenters. The van der Waals surface area contributed by atoms with Crippen molar-refractivity contribution in [3.8, 4) is 0 Å². The minimum Gasteiger partial charge on any atom is -0.354 e. The normalized spacial score (nSPS) is 20.6. The zero-order valence-electron chi connectivity index (χ0n) is 23.8. The van der Waals surface area contributed by atoms with Gasteiger partial charge in [0.2, 0.25) is 11.9 Å². The first-order valence-corrected chi connectivity index (χ1v) is 15.7. The van der Waals surface area contributed by atoms with E-state index in [1.54, 1.807) is 0 Å². The Kier molecular flexibility index (Phi) is 8.92. The number of hydrogen-bond acceptors (Lipinski definition) is 6. The summed E-state index contributed by atoms with van der Waals surface area (Å²) < 4.78 is 48.8. The van der Waals surface area contributed by atoms with Crippen LogP contribution in [0.5, 0.6) is 0 Å². The quantitative estimate of drug-likeness (QED) is 0.336. The number of rotatable bonds is 8. The molecule has 226 valence electrons. The smallest absolute Gasteiger partial charge is 0.335 e. The summed E-state index contributed by atoms with van der Waals surface area (Å²) in [5.41, 5.74) is 2.89. The number of piperazine rings is 1. The fraction of sp³-hybridized carbons (Fsp3) is 0.483. The Labute approximate surface area is 245 Å². The SMILES string of the molecule is CC(C)NC(=O)C1CCC(n2c(NC(=O)c3ccc(F)cc3)nc3ccc(CN4CCN(S(=O)(=O)O)CC4)cc32)CC1. The summed E-state index contributed by atoms with van der Waals surface area (Å²) in [6.07, 6.45) is 2.91. The van der Waals surface area contributed by atoms with Crippen molar-refractivity contribution in [3.63, 3.8) is 0 Å². The number of nitrogens with zero attached hydrogens (tertiary/aromatic N) is 4. The second-order valence-electron chi connectivity index (χ2n) is 11.4. The Hall–Kier alpha value is -3.39. The van der Waals surface area contributed by atoms with Gasteiger partial charge < -0.3 is 9.88 Å². The predicted molar refractivity (Wildman–Crippen MR) is 157 cm³/mol. The highest BCUT2D eigenvalue weighted by Gasteiger charge is 2.30. The van der Waals surface area contributed by atoms with E-state index in [-0.39, 0.29) is 37.0 Å². The first kappa shape index (κ1) is 30.1. The van der Waals surface area contributed by atoms with Gasteiger partial charge in [0, 0.05) is 56.3 Å². The van der Waals surface area contributed by atoms with Gasteiger partial charge in [-0.25, -0.2) is 9.37 Å². The van der Waals surface area contributed by atoms with Crippen molar-refractivity contribution in [2.75, 3.05) is 31.5 Å². The Morgan fingerprint density at radius 1 is 1.02 bits per heavy atom. The second-order valence-corrected chi connectivity index (χ2v) is 12.8. The average molecular weight is 601 g/mol. The van der Waals surface area contributed by atoms with Crippen molar-refractivity contribution in [2.24, 2.45) is 5.92 Å². The van der Waals surface area contributed by atoms with Gasteiger partial charge in [-0.15, -0.1) is 0 Å². The number of halogens is 1. The van der Waals surface area contributed by atoms with Crippen molar-refractivity contribution in [2.45, 2.75) is 58.2 Å². The number of nitrogens with one attached hydrogen (secondary N) is 2. The molecule has 42 heavy (non-hydrogen) atoms. The summed E-state index contributed by atoms with van der Waals surface area (Å²) in [6, 6.07) is 11.3. The van der Waals surface area contributed by atoms with Gasteiger partial charge in [-0.2, -0.15) is 12.7 Å². The molecule has 0 radical (unpaired) electrons. The molecule has 0 bridgehead atoms. The predicted octanol–water partition coefficient (Wildman–Crippen LogP) is 3.60. The highest BCUT2D eigenvalue weighted by Crippen LogP contribution is 2.37. The van der Waals surface area contributed by atoms with E-state index in [4.69, 9.17) is 4.98 Å². The first-order chi connectivity index (χ1) is 20.0. The maximum Gasteiger partial charge on any atom is 0.335 e. The van der Waals surface area contributed by atoms with Gasteiger partial charge in [-0.05, 0) is 81.5 Å². The van der Waals surface area contributed by atoms with E-state index in [1.807, 2.05) is 36.6 Å². The number of fused-ring (bicyclic) bond motifs is 1. The van der Waals surface area contributed by atoms with E-state index < -0.39 is 22.0 Å². The summed E-state index contributed by atoms with van der Waals surface area (Å²) in [5.74, 6) is -0.418. The third-order valence-electron chi connectivity index (χ3n) is 8.01. The van der Waals surface area contributed by atoms with Crippen molar-refractivity contribution < 1.29 is 27.0 Å². The zero-order chi connectivity index (χ0) is 30.0. The van der Waals surface area contributed by atoms with Crippen molar-refractivity contribution >= 4 is 39.1 Å². The standard InChI is InChI=1S/C29H37FN6O5S/c1-19(2)31-27(37)22-6-10-24(11-7-22)36-26-17-20(18-34-13-15-35(16-14-34)42(39,40)41)3-12-25(26)32-29(36)33-28(38)21-4-8-23(30)9-5-21/h3-5,8-9,12,17,19,22,24H,6-7,10-11,13-16,18H2,1-2H3,(H,31,37)(H,32,33,38)(H,39,40,41). The van der Waals surface area contributed by atoms with Gasteiger partial charge in [-0.1, -0.05) is 6.07 Å². The van der Waals surface area contributed by atoms with Crippen LogP contribution < -0.4 is 10.6 Å². The number of benzene rings is 2. The fourth-order valence-corrected chi connectivity index (χ4v) is 6.47. The van der Waals surface area contributed by atoms with Crippen LogP contribution in [0.4, 0.5) is 10.3 Å². The Morgan fingerprint density at radius 2 is 1.69 bits per heavy atom. The van der Waals surface area contributed by atoms with Crippen LogP contribution in [0.15, 0.2) is 42.5 Å². The lowest BCUT2D eigenvalue weighted by Gasteiger charge is -2.32. The summed E-state index contributed by atoms with van der Waals surface area (Å²) in [7, 11) is -4.20. The summed E-state index contributed by atoms with van der Waals surface area (Å²) in [6.45, 7) is 5.88. The molecule has 2 aromatic carbocycles. The lowest BCUT2D eigenvalue weighted by Crippen LogP contribution is -2.47. The zero-order valence-corrected chi connectivity index (χ0v) is 24.6. The number of carbonyl (C=O) groups excluding carboxylic acids is 2. The average Bonchev–Trinajstić information content (AvgIpc) is 3.30. The second kappa shape index (κ2) is 12.5. The van der Waals surface area contributed by atoms with Gasteiger partial charge in [0.1, 0.15) is 5.82 Å². The molecule has 1 aromatic heterocycles. The molecule has 2 amide bonds. The Bertz CT molecular complexity index is 1540. The lowest BCUT2D eigenvalue weighted by molar-refractivity contribution is -0.126. The molecular weight excluding hydrogens is 563 g/mol. The molecule has 0 atom stereocenters. The van der Waals surface area contributed by atoms with Crippen LogP contribution in [0.1, 0.15) is 61.5 Å². The van der Waals surface area contributed by atoms with Gasteiger partial charge in [-0.3, -0.25) is 24.4 Å². The molecule has 3 N–H and O–H groups in total. The molecule has 0 spiro atoms. The molecule has 2 aliphatic rings. The van der Waals surface area contributed by atoms with E-state index >= 15 is 0 Å². The Morgan fingerprint density at radius 3 is 2.31 bits per heavy atom. The van der Waals surface area contributed by atoms with E-state index in [0.29, 0.717) is 49.5 Å². The molecule has 2 fully saturated rings. The summed E-state index contributed by atoms with van der Waals surface area (Å²) >= 11 is 0. The summed E-state index contributed by atoms with van der Waals surface area (Å²) in [5, 5.41) is 5.94. The van der Waals surface area contributed by atoms with Gasteiger partial charge in [0.05, 0.1) is 11.0 Å². The molecule has 2 heterocycles. The molecule has 13 heteroatoms. The Balaban J connectivity index is 1.40. The van der Waals surface area contributed by atoms with Crippen LogP contribution in [0, 0.1) is 11.7 Å². The molecule has 11 nitrogen and oxygen atoms in total. The minimum absolute atomic E-state index is 0.00942. The maximum absolute atomic E-state index is 13.4. The third kappa shape index (κ3) is 6.97. The van der Waals surface area contributed by atoms with Crippen LogP contribution in [0.3, 0.4) is 0 Å². The molecule has 1 saturated heterocycles. The highest BCUT2D eigenvalue weighted by molar-refractivity contribution is 7.83. The van der Waals surface area contributed by atoms with Crippen LogP contribution in [-0.2, 0) is 21.6 Å². The van der Waals surface area contributed by atoms with E-state index in [2.05, 4.69) is 15.5 Å². The van der Waals surface area contributed by atoms with Crippen LogP contribution in [0.25, 0.3) is 11.0 Å². The van der Waals surface area contributed by atoms with Crippen LogP contribution in [0.2, 0.25) is 0 Å². The number of anilines is 1. The van der Waals surface area contributed by atoms with Gasteiger partial charge in [0.15, 0.2) is 0 Å². The van der Waals surface area contributed by atoms with Crippen LogP contribution in [-0.4, -0.2) is 75.8 Å². The number of aromatic nitrogens is 2. The maximum atomic E-state index is 13.4. The molecule has 1 saturated carbocycles. The molecule has 3 aromatic rings. The summed E-state index contributed by atoms with van der Waals surface area (Å²) in [4.78, 5) is 32.6. The topological polar surface area (TPSA) is 137 Å². The molecule has 5 rings (SSSR count). The van der Waals surface area contributed by atoms with Crippen LogP contribution >= 0.6 is 0 Å². The first-order valence-electron chi connectivity index (χ1n) is 14.3. The number of imidazole rings is 1. The lowest BCUT2D eigenvalue weighted by atomic mass is 9.85. The van der Waals surface area contributed by atoms with E-state index in [9.17, 15) is 27.0 Å². The van der Waals surface area contributed by atoms with Crippen molar-refractivity contribution in [1.29, 1.82) is 0 Å². The van der Waals surface area contributed by atoms with E-state index in [0.717, 1.165) is 28.2 Å². The monoisotopic (exact) mass is 600 g/mol. The van der Waals surface area contributed by atoms with Crippen molar-refractivity contribution in [3.05, 3.63) is 59.4 Å². The van der Waals surface area contributed by atoms with Gasteiger partial charge >= 0.3 is 10.3 Å². The number of amides is 2. The molecular formula is C29H37FN6O5S. The fourth-order valence-electron chi connectivity index (χ4n) is 5.84. The largest absolute Gasteiger partial charge is 0.354 e.